The second-order valence-corrected chi connectivity index (χ2v) is 7.48. The molecule has 7 heteroatoms. The van der Waals surface area contributed by atoms with E-state index >= 15 is 0 Å². The average Bonchev–Trinajstić information content (AvgIpc) is 3.01. The van der Waals surface area contributed by atoms with E-state index in [1.807, 2.05) is 55.7 Å². The van der Waals surface area contributed by atoms with Crippen LogP contribution in [0.25, 0.3) is 11.8 Å². The standard InChI is InChI=1S/C24H20ClN3O3/c1-14-6-4-5-7-22(14)27-23(29)18(13-26)11-17-10-15(2)28(16(17)3)19-8-9-21(25)20(12-19)24(30)31/h4-12H,1-3H3,(H,27,29)(H,30,31). The third kappa shape index (κ3) is 4.52. The number of hydrogen-bond acceptors (Lipinski definition) is 3. The number of nitrogens with one attached hydrogen (secondary N) is 1. The van der Waals surface area contributed by atoms with Crippen molar-refractivity contribution < 1.29 is 14.7 Å². The van der Waals surface area contributed by atoms with Crippen LogP contribution >= 0.6 is 11.6 Å². The summed E-state index contributed by atoms with van der Waals surface area (Å²) < 4.78 is 1.85. The van der Waals surface area contributed by atoms with Crippen LogP contribution in [0, 0.1) is 32.1 Å². The van der Waals surface area contributed by atoms with Gasteiger partial charge in [0, 0.05) is 22.8 Å². The molecule has 1 heterocycles. The molecule has 1 amide bonds. The van der Waals surface area contributed by atoms with Crippen molar-refractivity contribution in [1.82, 2.24) is 4.57 Å². The first-order valence-electron chi connectivity index (χ1n) is 9.44. The maximum absolute atomic E-state index is 12.6. The van der Waals surface area contributed by atoms with Crippen LogP contribution in [0.4, 0.5) is 5.69 Å². The van der Waals surface area contributed by atoms with E-state index in [0.717, 1.165) is 17.0 Å². The molecule has 0 unspecified atom stereocenters. The van der Waals surface area contributed by atoms with E-state index in [2.05, 4.69) is 5.32 Å². The molecule has 2 aromatic carbocycles. The smallest absolute Gasteiger partial charge is 0.337 e. The van der Waals surface area contributed by atoms with Gasteiger partial charge in [-0.3, -0.25) is 4.79 Å². The largest absolute Gasteiger partial charge is 0.478 e. The van der Waals surface area contributed by atoms with Gasteiger partial charge in [0.05, 0.1) is 10.6 Å². The summed E-state index contributed by atoms with van der Waals surface area (Å²) >= 11 is 5.98. The molecule has 6 nitrogen and oxygen atoms in total. The zero-order valence-electron chi connectivity index (χ0n) is 17.2. The molecule has 3 rings (SSSR count). The molecule has 0 fully saturated rings. The molecule has 31 heavy (non-hydrogen) atoms. The maximum atomic E-state index is 12.6. The fourth-order valence-electron chi connectivity index (χ4n) is 3.35. The van der Waals surface area contributed by atoms with Gasteiger partial charge < -0.3 is 15.0 Å². The minimum atomic E-state index is -1.12. The fourth-order valence-corrected chi connectivity index (χ4v) is 3.55. The van der Waals surface area contributed by atoms with Gasteiger partial charge in [0.15, 0.2) is 0 Å². The Morgan fingerprint density at radius 1 is 1.13 bits per heavy atom. The number of amides is 1. The van der Waals surface area contributed by atoms with Gasteiger partial charge in [0.1, 0.15) is 11.6 Å². The Hall–Kier alpha value is -3.82. The summed E-state index contributed by atoms with van der Waals surface area (Å²) in [6.07, 6.45) is 1.53. The van der Waals surface area contributed by atoms with Crippen LogP contribution in [0.15, 0.2) is 54.1 Å². The monoisotopic (exact) mass is 433 g/mol. The molecule has 0 bridgehead atoms. The number of nitriles is 1. The van der Waals surface area contributed by atoms with E-state index in [9.17, 15) is 20.0 Å². The summed E-state index contributed by atoms with van der Waals surface area (Å²) in [5.74, 6) is -1.62. The lowest BCUT2D eigenvalue weighted by Gasteiger charge is -2.11. The summed E-state index contributed by atoms with van der Waals surface area (Å²) in [4.78, 5) is 24.1. The molecule has 0 saturated heterocycles. The molecule has 0 aliphatic rings. The van der Waals surface area contributed by atoms with Crippen molar-refractivity contribution in [3.05, 3.63) is 87.2 Å². The number of nitrogens with zero attached hydrogens (tertiary/aromatic N) is 2. The number of carboxylic acids is 1. The van der Waals surface area contributed by atoms with E-state index in [1.54, 1.807) is 12.1 Å². The first kappa shape index (κ1) is 21.9. The lowest BCUT2D eigenvalue weighted by atomic mass is 10.1. The highest BCUT2D eigenvalue weighted by atomic mass is 35.5. The van der Waals surface area contributed by atoms with Gasteiger partial charge in [0.25, 0.3) is 5.91 Å². The highest BCUT2D eigenvalue weighted by molar-refractivity contribution is 6.33. The minimum absolute atomic E-state index is 0.000851. The first-order valence-corrected chi connectivity index (χ1v) is 9.81. The van der Waals surface area contributed by atoms with Crippen LogP contribution in [0.1, 0.15) is 32.9 Å². The zero-order chi connectivity index (χ0) is 22.7. The molecule has 3 aromatic rings. The third-order valence-electron chi connectivity index (χ3n) is 4.97. The lowest BCUT2D eigenvalue weighted by Crippen LogP contribution is -2.14. The van der Waals surface area contributed by atoms with E-state index in [1.165, 1.54) is 18.2 Å². The highest BCUT2D eigenvalue weighted by Crippen LogP contribution is 2.26. The van der Waals surface area contributed by atoms with Gasteiger partial charge in [-0.1, -0.05) is 29.8 Å². The second-order valence-electron chi connectivity index (χ2n) is 7.07. The van der Waals surface area contributed by atoms with Crippen LogP contribution in [0.2, 0.25) is 5.02 Å². The number of aryl methyl sites for hydroxylation is 2. The Morgan fingerprint density at radius 2 is 1.84 bits per heavy atom. The topological polar surface area (TPSA) is 95.1 Å². The Kier molecular flexibility index (Phi) is 6.28. The van der Waals surface area contributed by atoms with Crippen molar-refractivity contribution in [3.8, 4) is 11.8 Å². The second kappa shape index (κ2) is 8.90. The quantitative estimate of drug-likeness (QED) is 0.421. The Labute approximate surface area is 185 Å². The van der Waals surface area contributed by atoms with Crippen molar-refractivity contribution in [2.75, 3.05) is 5.32 Å². The summed E-state index contributed by atoms with van der Waals surface area (Å²) in [5.41, 5.74) is 4.38. The SMILES string of the molecule is Cc1ccccc1NC(=O)C(C#N)=Cc1cc(C)n(-c2ccc(Cl)c(C(=O)O)c2)c1C. The molecule has 1 aromatic heterocycles. The van der Waals surface area contributed by atoms with Crippen LogP contribution in [-0.2, 0) is 4.79 Å². The van der Waals surface area contributed by atoms with Crippen LogP contribution < -0.4 is 5.32 Å². The molecular formula is C24H20ClN3O3. The van der Waals surface area contributed by atoms with Gasteiger partial charge in [-0.15, -0.1) is 0 Å². The van der Waals surface area contributed by atoms with Crippen molar-refractivity contribution in [2.45, 2.75) is 20.8 Å². The lowest BCUT2D eigenvalue weighted by molar-refractivity contribution is -0.112. The number of para-hydroxylation sites is 1. The summed E-state index contributed by atoms with van der Waals surface area (Å²) in [6, 6.07) is 15.9. The predicted molar refractivity (Wildman–Crippen MR) is 121 cm³/mol. The molecule has 0 atom stereocenters. The number of aromatic nitrogens is 1. The van der Waals surface area contributed by atoms with E-state index in [4.69, 9.17) is 11.6 Å². The predicted octanol–water partition coefficient (Wildman–Crippen LogP) is 5.30. The third-order valence-corrected chi connectivity index (χ3v) is 5.30. The summed E-state index contributed by atoms with van der Waals surface area (Å²) in [7, 11) is 0. The van der Waals surface area contributed by atoms with Gasteiger partial charge in [-0.05, 0) is 68.3 Å². The summed E-state index contributed by atoms with van der Waals surface area (Å²) in [6.45, 7) is 5.57. The van der Waals surface area contributed by atoms with Gasteiger partial charge >= 0.3 is 5.97 Å². The molecule has 0 aliphatic heterocycles. The van der Waals surface area contributed by atoms with Crippen molar-refractivity contribution >= 4 is 35.2 Å². The van der Waals surface area contributed by atoms with Crippen molar-refractivity contribution in [3.63, 3.8) is 0 Å². The molecular weight excluding hydrogens is 414 g/mol. The zero-order valence-corrected chi connectivity index (χ0v) is 18.0. The molecule has 0 saturated carbocycles. The molecule has 2 N–H and O–H groups in total. The number of carboxylic acid groups (broad SMARTS) is 1. The van der Waals surface area contributed by atoms with Gasteiger partial charge in [-0.2, -0.15) is 5.26 Å². The fraction of sp³-hybridized carbons (Fsp3) is 0.125. The molecule has 156 valence electrons. The van der Waals surface area contributed by atoms with E-state index < -0.39 is 11.9 Å². The number of aromatic carboxylic acids is 1. The number of benzene rings is 2. The number of carbonyl (C=O) groups excluding carboxylic acids is 1. The van der Waals surface area contributed by atoms with Gasteiger partial charge in [0.2, 0.25) is 0 Å². The number of rotatable bonds is 5. The van der Waals surface area contributed by atoms with Crippen molar-refractivity contribution in [1.29, 1.82) is 5.26 Å². The minimum Gasteiger partial charge on any atom is -0.478 e. The van der Waals surface area contributed by atoms with E-state index in [0.29, 0.717) is 16.9 Å². The van der Waals surface area contributed by atoms with Crippen LogP contribution in [-0.4, -0.2) is 21.6 Å². The number of halogens is 1. The number of anilines is 1. The average molecular weight is 434 g/mol. The number of carbonyl (C=O) groups is 2. The Morgan fingerprint density at radius 3 is 2.48 bits per heavy atom. The maximum Gasteiger partial charge on any atom is 0.337 e. The van der Waals surface area contributed by atoms with Crippen LogP contribution in [0.5, 0.6) is 0 Å². The Bertz CT molecular complexity index is 1270. The molecule has 0 spiro atoms. The summed E-state index contributed by atoms with van der Waals surface area (Å²) in [5, 5.41) is 21.8. The van der Waals surface area contributed by atoms with Crippen LogP contribution in [0.3, 0.4) is 0 Å². The number of hydrogen-bond donors (Lipinski definition) is 2. The Balaban J connectivity index is 1.99. The molecule has 0 aliphatic carbocycles. The van der Waals surface area contributed by atoms with E-state index in [-0.39, 0.29) is 16.2 Å². The normalized spacial score (nSPS) is 11.1. The first-order chi connectivity index (χ1) is 14.7. The highest BCUT2D eigenvalue weighted by Gasteiger charge is 2.16. The van der Waals surface area contributed by atoms with Crippen molar-refractivity contribution in [2.24, 2.45) is 0 Å². The van der Waals surface area contributed by atoms with Gasteiger partial charge in [-0.25, -0.2) is 4.79 Å². The molecule has 0 radical (unpaired) electrons.